The second kappa shape index (κ2) is 8.35. The zero-order valence-electron chi connectivity index (χ0n) is 13.6. The zero-order chi connectivity index (χ0) is 17.5. The van der Waals surface area contributed by atoms with Gasteiger partial charge in [-0.2, -0.15) is 0 Å². The molecule has 0 radical (unpaired) electrons. The Labute approximate surface area is 139 Å². The van der Waals surface area contributed by atoms with Gasteiger partial charge in [0.2, 0.25) is 5.88 Å². The lowest BCUT2D eigenvalue weighted by Gasteiger charge is -2.09. The van der Waals surface area contributed by atoms with E-state index in [0.717, 1.165) is 30.9 Å². The quantitative estimate of drug-likeness (QED) is 0.722. The second-order valence-electron chi connectivity index (χ2n) is 5.77. The van der Waals surface area contributed by atoms with Crippen LogP contribution in [0.25, 0.3) is 0 Å². The van der Waals surface area contributed by atoms with Gasteiger partial charge in [-0.15, -0.1) is 0 Å². The van der Waals surface area contributed by atoms with E-state index in [1.54, 1.807) is 6.07 Å². The van der Waals surface area contributed by atoms with Gasteiger partial charge in [-0.05, 0) is 36.6 Å². The summed E-state index contributed by atoms with van der Waals surface area (Å²) in [6.45, 7) is 5.76. The predicted molar refractivity (Wildman–Crippen MR) is 86.6 cm³/mol. The third-order valence-corrected chi connectivity index (χ3v) is 3.29. The van der Waals surface area contributed by atoms with Crippen LogP contribution >= 0.6 is 0 Å². The highest BCUT2D eigenvalue weighted by atomic mass is 19.1. The maximum Gasteiger partial charge on any atom is 0.356 e. The van der Waals surface area contributed by atoms with Gasteiger partial charge in [-0.1, -0.05) is 19.9 Å². The number of carbonyl (C=O) groups is 1. The minimum Gasteiger partial charge on any atom is -0.476 e. The van der Waals surface area contributed by atoms with E-state index in [0.29, 0.717) is 12.5 Å². The van der Waals surface area contributed by atoms with Crippen molar-refractivity contribution in [2.75, 3.05) is 6.54 Å². The SMILES string of the molecule is CC(C)CCNCc1ccc(Oc2cnc(C(=O)O)cn2)c(F)c1. The number of aromatic carboxylic acids is 1. The number of nitrogens with zero attached hydrogens (tertiary/aromatic N) is 2. The first-order chi connectivity index (χ1) is 11.5. The Bertz CT molecular complexity index is 690. The van der Waals surface area contributed by atoms with Crippen molar-refractivity contribution in [3.8, 4) is 11.6 Å². The molecule has 0 spiro atoms. The Morgan fingerprint density at radius 2 is 2.12 bits per heavy atom. The summed E-state index contributed by atoms with van der Waals surface area (Å²) in [5.41, 5.74) is 0.613. The van der Waals surface area contributed by atoms with Crippen LogP contribution in [-0.2, 0) is 6.54 Å². The van der Waals surface area contributed by atoms with Crippen LogP contribution in [0.5, 0.6) is 11.6 Å². The Morgan fingerprint density at radius 1 is 1.33 bits per heavy atom. The average Bonchev–Trinajstić information content (AvgIpc) is 2.54. The van der Waals surface area contributed by atoms with E-state index in [1.807, 2.05) is 0 Å². The lowest BCUT2D eigenvalue weighted by Crippen LogP contribution is -2.16. The van der Waals surface area contributed by atoms with Crippen molar-refractivity contribution in [3.05, 3.63) is 47.7 Å². The Balaban J connectivity index is 1.95. The van der Waals surface area contributed by atoms with Crippen LogP contribution in [-0.4, -0.2) is 27.6 Å². The van der Waals surface area contributed by atoms with Crippen LogP contribution in [0.2, 0.25) is 0 Å². The molecule has 0 saturated heterocycles. The molecule has 0 saturated carbocycles. The number of rotatable bonds is 8. The molecular formula is C17H20FN3O3. The molecule has 0 amide bonds. The lowest BCUT2D eigenvalue weighted by molar-refractivity contribution is 0.0690. The largest absolute Gasteiger partial charge is 0.476 e. The molecule has 0 atom stereocenters. The van der Waals surface area contributed by atoms with E-state index in [9.17, 15) is 9.18 Å². The molecule has 0 unspecified atom stereocenters. The smallest absolute Gasteiger partial charge is 0.356 e. The Kier molecular flexibility index (Phi) is 6.20. The molecule has 2 rings (SSSR count). The molecule has 24 heavy (non-hydrogen) atoms. The first kappa shape index (κ1) is 17.8. The lowest BCUT2D eigenvalue weighted by atomic mass is 10.1. The molecule has 7 heteroatoms. The summed E-state index contributed by atoms with van der Waals surface area (Å²) < 4.78 is 19.4. The first-order valence-corrected chi connectivity index (χ1v) is 7.68. The minimum atomic E-state index is -1.19. The number of hydrogen-bond donors (Lipinski definition) is 2. The molecule has 0 aliphatic heterocycles. The molecule has 1 heterocycles. The number of aromatic nitrogens is 2. The topological polar surface area (TPSA) is 84.3 Å². The van der Waals surface area contributed by atoms with Crippen molar-refractivity contribution in [2.24, 2.45) is 5.92 Å². The molecule has 1 aromatic heterocycles. The third-order valence-electron chi connectivity index (χ3n) is 3.29. The zero-order valence-corrected chi connectivity index (χ0v) is 13.6. The summed E-state index contributed by atoms with van der Waals surface area (Å²) in [7, 11) is 0. The average molecular weight is 333 g/mol. The van der Waals surface area contributed by atoms with Crippen molar-refractivity contribution in [1.29, 1.82) is 0 Å². The maximum absolute atomic E-state index is 14.1. The fourth-order valence-electron chi connectivity index (χ4n) is 1.95. The van der Waals surface area contributed by atoms with Gasteiger partial charge >= 0.3 is 5.97 Å². The van der Waals surface area contributed by atoms with Gasteiger partial charge in [-0.25, -0.2) is 19.2 Å². The van der Waals surface area contributed by atoms with Crippen molar-refractivity contribution < 1.29 is 19.0 Å². The molecule has 0 bridgehead atoms. The molecule has 6 nitrogen and oxygen atoms in total. The van der Waals surface area contributed by atoms with Crippen molar-refractivity contribution in [3.63, 3.8) is 0 Å². The van der Waals surface area contributed by atoms with Crippen LogP contribution in [0, 0.1) is 11.7 Å². The Morgan fingerprint density at radius 3 is 2.71 bits per heavy atom. The number of hydrogen-bond acceptors (Lipinski definition) is 5. The molecule has 0 aliphatic rings. The number of nitrogens with one attached hydrogen (secondary N) is 1. The summed E-state index contributed by atoms with van der Waals surface area (Å²) in [6.07, 6.45) is 3.27. The van der Waals surface area contributed by atoms with Crippen LogP contribution in [0.1, 0.15) is 36.3 Å². The Hall–Kier alpha value is -2.54. The summed E-state index contributed by atoms with van der Waals surface area (Å²) in [6, 6.07) is 4.68. The maximum atomic E-state index is 14.1. The summed E-state index contributed by atoms with van der Waals surface area (Å²) >= 11 is 0. The van der Waals surface area contributed by atoms with Gasteiger partial charge in [0.05, 0.1) is 12.4 Å². The molecular weight excluding hydrogens is 313 g/mol. The van der Waals surface area contributed by atoms with Gasteiger partial charge in [0.1, 0.15) is 0 Å². The number of halogens is 1. The normalized spacial score (nSPS) is 10.8. The molecule has 0 fully saturated rings. The van der Waals surface area contributed by atoms with E-state index >= 15 is 0 Å². The van der Waals surface area contributed by atoms with Crippen molar-refractivity contribution in [2.45, 2.75) is 26.8 Å². The second-order valence-corrected chi connectivity index (χ2v) is 5.77. The standard InChI is InChI=1S/C17H20FN3O3/c1-11(2)5-6-19-8-12-3-4-15(13(18)7-12)24-16-10-20-14(9-21-16)17(22)23/h3-4,7,9-11,19H,5-6,8H2,1-2H3,(H,22,23). The van der Waals surface area contributed by atoms with Crippen LogP contribution in [0.3, 0.4) is 0 Å². The highest BCUT2D eigenvalue weighted by molar-refractivity contribution is 5.84. The molecule has 1 aromatic carbocycles. The van der Waals surface area contributed by atoms with Gasteiger partial charge in [-0.3, -0.25) is 0 Å². The number of carboxylic acids is 1. The van der Waals surface area contributed by atoms with Crippen molar-refractivity contribution >= 4 is 5.97 Å². The molecule has 0 aliphatic carbocycles. The van der Waals surface area contributed by atoms with E-state index in [1.165, 1.54) is 12.1 Å². The summed E-state index contributed by atoms with van der Waals surface area (Å²) in [5, 5.41) is 12.0. The summed E-state index contributed by atoms with van der Waals surface area (Å²) in [5.74, 6) is -1.03. The number of carboxylic acid groups (broad SMARTS) is 1. The fraction of sp³-hybridized carbons (Fsp3) is 0.353. The van der Waals surface area contributed by atoms with Gasteiger partial charge < -0.3 is 15.2 Å². The fourth-order valence-corrected chi connectivity index (χ4v) is 1.95. The first-order valence-electron chi connectivity index (χ1n) is 7.68. The number of ether oxygens (including phenoxy) is 1. The molecule has 128 valence electrons. The highest BCUT2D eigenvalue weighted by Gasteiger charge is 2.09. The van der Waals surface area contributed by atoms with E-state index in [-0.39, 0.29) is 17.3 Å². The monoisotopic (exact) mass is 333 g/mol. The highest BCUT2D eigenvalue weighted by Crippen LogP contribution is 2.23. The van der Waals surface area contributed by atoms with E-state index < -0.39 is 11.8 Å². The van der Waals surface area contributed by atoms with E-state index in [2.05, 4.69) is 29.1 Å². The molecule has 2 N–H and O–H groups in total. The van der Waals surface area contributed by atoms with Gasteiger partial charge in [0.15, 0.2) is 17.3 Å². The number of benzene rings is 1. The third kappa shape index (κ3) is 5.27. The van der Waals surface area contributed by atoms with Crippen LogP contribution in [0.15, 0.2) is 30.6 Å². The van der Waals surface area contributed by atoms with Crippen LogP contribution in [0.4, 0.5) is 4.39 Å². The minimum absolute atomic E-state index is 0.0123. The predicted octanol–water partition coefficient (Wildman–Crippen LogP) is 3.24. The molecule has 2 aromatic rings. The van der Waals surface area contributed by atoms with E-state index in [4.69, 9.17) is 9.84 Å². The van der Waals surface area contributed by atoms with Crippen LogP contribution < -0.4 is 10.1 Å². The van der Waals surface area contributed by atoms with Crippen molar-refractivity contribution in [1.82, 2.24) is 15.3 Å². The van der Waals surface area contributed by atoms with Gasteiger partial charge in [0, 0.05) is 6.54 Å². The van der Waals surface area contributed by atoms with Gasteiger partial charge in [0.25, 0.3) is 0 Å². The summed E-state index contributed by atoms with van der Waals surface area (Å²) in [4.78, 5) is 18.2.